The van der Waals surface area contributed by atoms with Gasteiger partial charge in [-0.25, -0.2) is 0 Å². The van der Waals surface area contributed by atoms with Crippen molar-refractivity contribution >= 4 is 29.3 Å². The molecule has 1 aromatic heterocycles. The number of aromatic nitrogens is 3. The molecule has 1 atom stereocenters. The third-order valence-corrected chi connectivity index (χ3v) is 5.11. The fraction of sp³-hybridized carbons (Fsp3) is 0.200. The zero-order valence-corrected chi connectivity index (χ0v) is 16.8. The number of benzene rings is 2. The van der Waals surface area contributed by atoms with Crippen LogP contribution in [0.2, 0.25) is 0 Å². The Hall–Kier alpha value is -3.33. The molecule has 0 saturated carbocycles. The first-order valence-electron chi connectivity index (χ1n) is 8.88. The Labute approximate surface area is 172 Å². The van der Waals surface area contributed by atoms with E-state index in [2.05, 4.69) is 15.5 Å². The van der Waals surface area contributed by atoms with Crippen LogP contribution in [0.1, 0.15) is 29.2 Å². The molecular weight excluding hydrogens is 390 g/mol. The zero-order valence-electron chi connectivity index (χ0n) is 16.0. The molecule has 3 aromatic rings. The van der Waals surface area contributed by atoms with Gasteiger partial charge in [-0.05, 0) is 31.2 Å². The van der Waals surface area contributed by atoms with E-state index in [1.165, 1.54) is 11.8 Å². The Kier molecular flexibility index (Phi) is 6.50. The van der Waals surface area contributed by atoms with Crippen molar-refractivity contribution in [2.24, 2.45) is 12.8 Å². The summed E-state index contributed by atoms with van der Waals surface area (Å²) in [6, 6.07) is 16.1. The minimum absolute atomic E-state index is 0.104. The lowest BCUT2D eigenvalue weighted by Gasteiger charge is -2.14. The van der Waals surface area contributed by atoms with E-state index < -0.39 is 5.91 Å². The summed E-state index contributed by atoms with van der Waals surface area (Å²) in [4.78, 5) is 23.7. The molecule has 2 amide bonds. The zero-order chi connectivity index (χ0) is 20.8. The number of para-hydroxylation sites is 2. The number of nitrogens with one attached hydrogen (secondary N) is 1. The van der Waals surface area contributed by atoms with Gasteiger partial charge in [0.2, 0.25) is 5.91 Å². The van der Waals surface area contributed by atoms with Gasteiger partial charge in [0, 0.05) is 7.05 Å². The third kappa shape index (κ3) is 5.14. The fourth-order valence-corrected chi connectivity index (χ4v) is 3.40. The van der Waals surface area contributed by atoms with E-state index in [9.17, 15) is 9.59 Å². The van der Waals surface area contributed by atoms with Crippen LogP contribution in [0.15, 0.2) is 59.8 Å². The smallest absolute Gasteiger partial charge is 0.250 e. The molecule has 0 aliphatic carbocycles. The minimum atomic E-state index is -0.598. The van der Waals surface area contributed by atoms with E-state index in [4.69, 9.17) is 10.5 Å². The van der Waals surface area contributed by atoms with Gasteiger partial charge in [-0.3, -0.25) is 9.59 Å². The first-order valence-corrected chi connectivity index (χ1v) is 9.86. The van der Waals surface area contributed by atoms with Crippen molar-refractivity contribution in [2.75, 3.05) is 11.1 Å². The van der Waals surface area contributed by atoms with Crippen molar-refractivity contribution in [2.45, 2.75) is 18.2 Å². The molecule has 0 bridgehead atoms. The molecule has 1 unspecified atom stereocenters. The number of nitrogens with two attached hydrogens (primary N) is 1. The van der Waals surface area contributed by atoms with Gasteiger partial charge < -0.3 is 20.4 Å². The Morgan fingerprint density at radius 2 is 1.83 bits per heavy atom. The summed E-state index contributed by atoms with van der Waals surface area (Å²) in [5.41, 5.74) is 5.98. The van der Waals surface area contributed by atoms with E-state index in [-0.39, 0.29) is 23.3 Å². The molecule has 2 aromatic carbocycles. The number of nitrogens with zero attached hydrogens (tertiary/aromatic N) is 3. The van der Waals surface area contributed by atoms with Gasteiger partial charge in [0.15, 0.2) is 17.1 Å². The van der Waals surface area contributed by atoms with Crippen LogP contribution in [-0.2, 0) is 11.8 Å². The van der Waals surface area contributed by atoms with Crippen molar-refractivity contribution in [3.05, 3.63) is 66.0 Å². The molecule has 9 heteroatoms. The highest BCUT2D eigenvalue weighted by atomic mass is 32.2. The lowest BCUT2D eigenvalue weighted by atomic mass is 10.1. The van der Waals surface area contributed by atoms with Gasteiger partial charge in [-0.15, -0.1) is 10.2 Å². The molecule has 1 heterocycles. The van der Waals surface area contributed by atoms with Crippen LogP contribution < -0.4 is 15.8 Å². The van der Waals surface area contributed by atoms with Crippen molar-refractivity contribution in [3.63, 3.8) is 0 Å². The van der Waals surface area contributed by atoms with Crippen LogP contribution >= 0.6 is 11.8 Å². The van der Waals surface area contributed by atoms with Gasteiger partial charge in [0.05, 0.1) is 17.0 Å². The van der Waals surface area contributed by atoms with E-state index in [0.29, 0.717) is 16.7 Å². The largest absolute Gasteiger partial charge is 0.483 e. The Bertz CT molecular complexity index is 1010. The summed E-state index contributed by atoms with van der Waals surface area (Å²) in [7, 11) is 1.82. The topological polar surface area (TPSA) is 112 Å². The van der Waals surface area contributed by atoms with Crippen LogP contribution in [0.3, 0.4) is 0 Å². The number of thioether (sulfide) groups is 1. The number of primary amides is 1. The second-order valence-corrected chi connectivity index (χ2v) is 7.16. The summed E-state index contributed by atoms with van der Waals surface area (Å²) in [5, 5.41) is 11.6. The first-order chi connectivity index (χ1) is 14.0. The lowest BCUT2D eigenvalue weighted by molar-refractivity contribution is -0.113. The van der Waals surface area contributed by atoms with Crippen LogP contribution in [0.4, 0.5) is 5.69 Å². The van der Waals surface area contributed by atoms with Gasteiger partial charge in [-0.1, -0.05) is 42.1 Å². The van der Waals surface area contributed by atoms with Gasteiger partial charge in [0.1, 0.15) is 5.75 Å². The molecule has 29 heavy (non-hydrogen) atoms. The quantitative estimate of drug-likeness (QED) is 0.551. The lowest BCUT2D eigenvalue weighted by Crippen LogP contribution is -2.19. The van der Waals surface area contributed by atoms with Crippen LogP contribution in [-0.4, -0.2) is 32.3 Å². The van der Waals surface area contributed by atoms with Crippen LogP contribution in [0.5, 0.6) is 5.75 Å². The minimum Gasteiger partial charge on any atom is -0.483 e. The van der Waals surface area contributed by atoms with E-state index in [1.54, 1.807) is 28.8 Å². The number of hydrogen-bond acceptors (Lipinski definition) is 6. The van der Waals surface area contributed by atoms with Gasteiger partial charge in [-0.2, -0.15) is 0 Å². The Morgan fingerprint density at radius 1 is 1.14 bits per heavy atom. The van der Waals surface area contributed by atoms with Gasteiger partial charge >= 0.3 is 0 Å². The summed E-state index contributed by atoms with van der Waals surface area (Å²) in [6.07, 6.45) is -0.305. The second kappa shape index (κ2) is 9.24. The SMILES string of the molecule is CC(Oc1ccccc1)c1nnc(SCC(=O)Nc2ccccc2C(N)=O)n1C. The van der Waals surface area contributed by atoms with Gasteiger partial charge in [0.25, 0.3) is 5.91 Å². The molecule has 3 rings (SSSR count). The number of amides is 2. The van der Waals surface area contributed by atoms with E-state index >= 15 is 0 Å². The Morgan fingerprint density at radius 3 is 2.55 bits per heavy atom. The number of hydrogen-bond donors (Lipinski definition) is 2. The van der Waals surface area contributed by atoms with Crippen molar-refractivity contribution in [1.29, 1.82) is 0 Å². The molecule has 3 N–H and O–H groups in total. The van der Waals surface area contributed by atoms with E-state index in [0.717, 1.165) is 5.75 Å². The maximum absolute atomic E-state index is 12.3. The fourth-order valence-electron chi connectivity index (χ4n) is 2.69. The molecule has 0 radical (unpaired) electrons. The summed E-state index contributed by atoms with van der Waals surface area (Å²) in [6.45, 7) is 1.89. The molecular formula is C20H21N5O3S. The highest BCUT2D eigenvalue weighted by Gasteiger charge is 2.18. The average Bonchev–Trinajstić information content (AvgIpc) is 3.08. The molecule has 0 aliphatic rings. The number of ether oxygens (including phenoxy) is 1. The molecule has 8 nitrogen and oxygen atoms in total. The number of rotatable bonds is 8. The maximum atomic E-state index is 12.3. The number of carbonyl (C=O) groups excluding carboxylic acids is 2. The van der Waals surface area contributed by atoms with E-state index in [1.807, 2.05) is 44.3 Å². The highest BCUT2D eigenvalue weighted by Crippen LogP contribution is 2.23. The van der Waals surface area contributed by atoms with Crippen LogP contribution in [0.25, 0.3) is 0 Å². The molecule has 0 spiro atoms. The predicted octanol–water partition coefficient (Wildman–Crippen LogP) is 2.78. The molecule has 0 fully saturated rings. The predicted molar refractivity (Wildman–Crippen MR) is 111 cm³/mol. The van der Waals surface area contributed by atoms with Crippen LogP contribution in [0, 0.1) is 0 Å². The summed E-state index contributed by atoms with van der Waals surface area (Å²) in [5.74, 6) is 0.619. The number of carbonyl (C=O) groups is 2. The molecule has 0 saturated heterocycles. The number of anilines is 1. The normalized spacial score (nSPS) is 11.7. The van der Waals surface area contributed by atoms with Crippen molar-refractivity contribution in [3.8, 4) is 5.75 Å². The molecule has 150 valence electrons. The summed E-state index contributed by atoms with van der Waals surface area (Å²) >= 11 is 1.24. The Balaban J connectivity index is 1.60. The average molecular weight is 411 g/mol. The third-order valence-electron chi connectivity index (χ3n) is 4.09. The second-order valence-electron chi connectivity index (χ2n) is 6.22. The van der Waals surface area contributed by atoms with Crippen molar-refractivity contribution < 1.29 is 14.3 Å². The standard InChI is InChI=1S/C20H21N5O3S/c1-13(28-14-8-4-3-5-9-14)19-23-24-20(25(19)2)29-12-17(26)22-16-11-7-6-10-15(16)18(21)27/h3-11,13H,12H2,1-2H3,(H2,21,27)(H,22,26). The van der Waals surface area contributed by atoms with Crippen molar-refractivity contribution in [1.82, 2.24) is 14.8 Å². The highest BCUT2D eigenvalue weighted by molar-refractivity contribution is 7.99. The monoisotopic (exact) mass is 411 g/mol. The summed E-state index contributed by atoms with van der Waals surface area (Å²) < 4.78 is 7.67. The first kappa shape index (κ1) is 20.4. The maximum Gasteiger partial charge on any atom is 0.250 e. The molecule has 0 aliphatic heterocycles.